The summed E-state index contributed by atoms with van der Waals surface area (Å²) in [7, 11) is 0. The van der Waals surface area contributed by atoms with Crippen LogP contribution in [0.4, 0.5) is 17.6 Å². The van der Waals surface area contributed by atoms with E-state index in [1.54, 1.807) is 13.8 Å². The number of hydrogen-bond donors (Lipinski definition) is 0. The molecule has 0 aromatic carbocycles. The molecule has 2 aromatic rings. The lowest BCUT2D eigenvalue weighted by Crippen LogP contribution is -2.33. The Hall–Kier alpha value is -1.31. The van der Waals surface area contributed by atoms with Crippen molar-refractivity contribution in [1.29, 1.82) is 0 Å². The Labute approximate surface area is 123 Å². The molecule has 0 radical (unpaired) electrons. The van der Waals surface area contributed by atoms with E-state index in [9.17, 15) is 17.6 Å². The highest BCUT2D eigenvalue weighted by Gasteiger charge is 2.42. The van der Waals surface area contributed by atoms with Crippen LogP contribution < -0.4 is 0 Å². The normalized spacial score (nSPS) is 12.8. The molecular formula is C12H15ClF4N4. The second-order valence-electron chi connectivity index (χ2n) is 4.69. The number of nitrogens with zero attached hydrogens (tertiary/aromatic N) is 4. The van der Waals surface area contributed by atoms with Crippen LogP contribution in [0, 0.1) is 6.92 Å². The molecule has 9 heteroatoms. The Morgan fingerprint density at radius 1 is 1.33 bits per heavy atom. The number of rotatable bonds is 6. The van der Waals surface area contributed by atoms with Gasteiger partial charge in [-0.05, 0) is 13.8 Å². The molecule has 0 N–H and O–H groups in total. The quantitative estimate of drug-likeness (QED) is 0.603. The van der Waals surface area contributed by atoms with Crippen LogP contribution >= 0.6 is 11.6 Å². The molecule has 0 atom stereocenters. The van der Waals surface area contributed by atoms with Crippen LogP contribution in [0.5, 0.6) is 0 Å². The minimum absolute atomic E-state index is 0.165. The van der Waals surface area contributed by atoms with Crippen molar-refractivity contribution in [1.82, 2.24) is 19.3 Å². The lowest BCUT2D eigenvalue weighted by Gasteiger charge is -2.18. The third-order valence-electron chi connectivity index (χ3n) is 3.18. The van der Waals surface area contributed by atoms with Crippen molar-refractivity contribution in [3.8, 4) is 0 Å². The van der Waals surface area contributed by atoms with Gasteiger partial charge in [-0.3, -0.25) is 0 Å². The van der Waals surface area contributed by atoms with Gasteiger partial charge in [0.25, 0.3) is 0 Å². The van der Waals surface area contributed by atoms with Crippen LogP contribution in [0.25, 0.3) is 11.2 Å². The van der Waals surface area contributed by atoms with Crippen LogP contribution in [0.3, 0.4) is 0 Å². The molecule has 0 aliphatic heterocycles. The second-order valence-corrected chi connectivity index (χ2v) is 5.07. The van der Waals surface area contributed by atoms with Crippen molar-refractivity contribution in [2.45, 2.75) is 45.7 Å². The maximum absolute atomic E-state index is 13.4. The average molecular weight is 327 g/mol. The molecule has 0 saturated heterocycles. The number of aryl methyl sites for hydroxylation is 3. The monoisotopic (exact) mass is 326 g/mol. The first-order valence-electron chi connectivity index (χ1n) is 6.46. The first-order valence-corrected chi connectivity index (χ1v) is 6.99. The highest BCUT2D eigenvalue weighted by molar-refractivity contribution is 6.17. The van der Waals surface area contributed by atoms with Crippen molar-refractivity contribution < 1.29 is 17.6 Å². The predicted molar refractivity (Wildman–Crippen MR) is 71.3 cm³/mol. The molecule has 2 heterocycles. The molecule has 2 aromatic heterocycles. The molecule has 2 rings (SSSR count). The SMILES string of the molecule is CCn1nc(C)c2nc(CCCl)n(CC(F)(F)C(F)F)c21. The molecule has 0 bridgehead atoms. The minimum atomic E-state index is -4.13. The first kappa shape index (κ1) is 16.1. The molecular weight excluding hydrogens is 312 g/mol. The van der Waals surface area contributed by atoms with Gasteiger partial charge in [0.15, 0.2) is 5.65 Å². The molecule has 0 unspecified atom stereocenters. The van der Waals surface area contributed by atoms with Gasteiger partial charge in [0.05, 0.1) is 12.2 Å². The topological polar surface area (TPSA) is 35.6 Å². The van der Waals surface area contributed by atoms with E-state index >= 15 is 0 Å². The fourth-order valence-electron chi connectivity index (χ4n) is 2.21. The summed E-state index contributed by atoms with van der Waals surface area (Å²) in [4.78, 5) is 4.23. The maximum Gasteiger partial charge on any atom is 0.324 e. The van der Waals surface area contributed by atoms with Gasteiger partial charge in [0, 0.05) is 18.8 Å². The van der Waals surface area contributed by atoms with Crippen LogP contribution in [0.15, 0.2) is 0 Å². The highest BCUT2D eigenvalue weighted by atomic mass is 35.5. The number of aromatic nitrogens is 4. The van der Waals surface area contributed by atoms with E-state index in [1.165, 1.54) is 4.68 Å². The Balaban J connectivity index is 2.60. The lowest BCUT2D eigenvalue weighted by atomic mass is 10.3. The van der Waals surface area contributed by atoms with E-state index in [4.69, 9.17) is 11.6 Å². The molecule has 0 saturated carbocycles. The Kier molecular flexibility index (Phi) is 4.46. The summed E-state index contributed by atoms with van der Waals surface area (Å²) in [5, 5.41) is 4.17. The average Bonchev–Trinajstić information content (AvgIpc) is 2.89. The summed E-state index contributed by atoms with van der Waals surface area (Å²) >= 11 is 5.64. The van der Waals surface area contributed by atoms with E-state index < -0.39 is 18.9 Å². The number of fused-ring (bicyclic) bond motifs is 1. The maximum atomic E-state index is 13.4. The molecule has 0 spiro atoms. The number of hydrogen-bond acceptors (Lipinski definition) is 2. The zero-order valence-electron chi connectivity index (χ0n) is 11.6. The van der Waals surface area contributed by atoms with Gasteiger partial charge < -0.3 is 4.57 Å². The number of halogens is 5. The summed E-state index contributed by atoms with van der Waals surface area (Å²) < 4.78 is 54.4. The minimum Gasteiger partial charge on any atom is -0.307 e. The smallest absolute Gasteiger partial charge is 0.307 e. The Morgan fingerprint density at radius 2 is 2.00 bits per heavy atom. The van der Waals surface area contributed by atoms with Crippen molar-refractivity contribution in [2.75, 3.05) is 5.88 Å². The Bertz CT molecular complexity index is 635. The molecule has 0 aliphatic carbocycles. The second kappa shape index (κ2) is 5.82. The molecule has 4 nitrogen and oxygen atoms in total. The molecule has 118 valence electrons. The van der Waals surface area contributed by atoms with Gasteiger partial charge in [-0.1, -0.05) is 0 Å². The van der Waals surface area contributed by atoms with E-state index in [2.05, 4.69) is 10.1 Å². The van der Waals surface area contributed by atoms with Crippen molar-refractivity contribution >= 4 is 22.8 Å². The van der Waals surface area contributed by atoms with Crippen LogP contribution in [0.2, 0.25) is 0 Å². The molecule has 0 fully saturated rings. The third kappa shape index (κ3) is 2.86. The molecule has 0 amide bonds. The summed E-state index contributed by atoms with van der Waals surface area (Å²) in [5.74, 6) is -3.70. The van der Waals surface area contributed by atoms with E-state index in [0.29, 0.717) is 23.4 Å². The summed E-state index contributed by atoms with van der Waals surface area (Å²) in [6, 6.07) is 0. The van der Waals surface area contributed by atoms with E-state index in [-0.39, 0.29) is 18.1 Å². The zero-order chi connectivity index (χ0) is 15.8. The summed E-state index contributed by atoms with van der Waals surface area (Å²) in [6.45, 7) is 2.77. The van der Waals surface area contributed by atoms with Gasteiger partial charge in [-0.2, -0.15) is 13.9 Å². The van der Waals surface area contributed by atoms with Gasteiger partial charge in [0.1, 0.15) is 11.3 Å². The van der Waals surface area contributed by atoms with Crippen molar-refractivity contribution in [3.05, 3.63) is 11.5 Å². The zero-order valence-corrected chi connectivity index (χ0v) is 12.3. The molecule has 0 aliphatic rings. The fourth-order valence-corrected chi connectivity index (χ4v) is 2.38. The van der Waals surface area contributed by atoms with Crippen molar-refractivity contribution in [3.63, 3.8) is 0 Å². The van der Waals surface area contributed by atoms with Gasteiger partial charge in [-0.15, -0.1) is 11.6 Å². The highest BCUT2D eigenvalue weighted by Crippen LogP contribution is 2.29. The van der Waals surface area contributed by atoms with E-state index in [1.807, 2.05) is 0 Å². The third-order valence-corrected chi connectivity index (χ3v) is 3.37. The fraction of sp³-hybridized carbons (Fsp3) is 0.667. The first-order chi connectivity index (χ1) is 9.81. The Morgan fingerprint density at radius 3 is 2.52 bits per heavy atom. The van der Waals surface area contributed by atoms with Gasteiger partial charge >= 0.3 is 12.3 Å². The summed E-state index contributed by atoms with van der Waals surface area (Å²) in [5.41, 5.74) is 1.35. The summed E-state index contributed by atoms with van der Waals surface area (Å²) in [6.07, 6.45) is -3.52. The lowest BCUT2D eigenvalue weighted by molar-refractivity contribution is -0.137. The number of alkyl halides is 5. The standard InChI is InChI=1S/C12H15ClF4N4/c1-3-21-10-9(7(2)19-21)18-8(4-5-13)20(10)6-12(16,17)11(14)15/h11H,3-6H2,1-2H3. The van der Waals surface area contributed by atoms with E-state index in [0.717, 1.165) is 4.57 Å². The predicted octanol–water partition coefficient (Wildman–Crippen LogP) is 3.24. The van der Waals surface area contributed by atoms with Gasteiger partial charge in [-0.25, -0.2) is 18.4 Å². The van der Waals surface area contributed by atoms with Crippen molar-refractivity contribution in [2.24, 2.45) is 0 Å². The largest absolute Gasteiger partial charge is 0.324 e. The molecule has 21 heavy (non-hydrogen) atoms. The van der Waals surface area contributed by atoms with Crippen LogP contribution in [-0.4, -0.2) is 37.6 Å². The van der Waals surface area contributed by atoms with Crippen LogP contribution in [0.1, 0.15) is 18.4 Å². The number of imidazole rings is 1. The van der Waals surface area contributed by atoms with Gasteiger partial charge in [0.2, 0.25) is 0 Å². The van der Waals surface area contributed by atoms with Crippen LogP contribution in [-0.2, 0) is 19.5 Å².